The lowest BCUT2D eigenvalue weighted by molar-refractivity contribution is -0.137. The zero-order valence-electron chi connectivity index (χ0n) is 10.9. The molecule has 0 bridgehead atoms. The fraction of sp³-hybridized carbons (Fsp3) is 0.333. The van der Waals surface area contributed by atoms with Crippen LogP contribution >= 0.6 is 15.9 Å². The van der Waals surface area contributed by atoms with Gasteiger partial charge in [0, 0.05) is 5.56 Å². The lowest BCUT2D eigenvalue weighted by Gasteiger charge is -2.11. The summed E-state index contributed by atoms with van der Waals surface area (Å²) in [5.41, 5.74) is 0.778. The van der Waals surface area contributed by atoms with E-state index in [0.717, 1.165) is 10.0 Å². The van der Waals surface area contributed by atoms with Gasteiger partial charge in [0.2, 0.25) is 0 Å². The smallest absolute Gasteiger partial charge is 0.305 e. The molecule has 1 heterocycles. The van der Waals surface area contributed by atoms with E-state index < -0.39 is 5.97 Å². The average molecular weight is 341 g/mol. The molecule has 0 saturated heterocycles. The van der Waals surface area contributed by atoms with Crippen LogP contribution in [0.1, 0.15) is 19.4 Å². The number of rotatable bonds is 5. The largest absolute Gasteiger partial charge is 0.496 e. The van der Waals surface area contributed by atoms with Crippen LogP contribution in [0.3, 0.4) is 0 Å². The van der Waals surface area contributed by atoms with Gasteiger partial charge in [0.05, 0.1) is 24.0 Å². The highest BCUT2D eigenvalue weighted by atomic mass is 79.9. The Morgan fingerprint density at radius 2 is 2.30 bits per heavy atom. The number of hydrogen-bond donors (Lipinski definition) is 1. The molecule has 1 aromatic carbocycles. The second-order valence-electron chi connectivity index (χ2n) is 4.24. The summed E-state index contributed by atoms with van der Waals surface area (Å²) in [6, 6.07) is 5.10. The van der Waals surface area contributed by atoms with Gasteiger partial charge in [-0.3, -0.25) is 4.79 Å². The third kappa shape index (κ3) is 2.96. The van der Waals surface area contributed by atoms with Crippen molar-refractivity contribution < 1.29 is 14.6 Å². The molecule has 1 aromatic heterocycles. The molecule has 1 unspecified atom stereocenters. The number of nitrogens with zero attached hydrogens (tertiary/aromatic N) is 4. The van der Waals surface area contributed by atoms with Crippen molar-refractivity contribution in [1.29, 1.82) is 0 Å². The van der Waals surface area contributed by atoms with Gasteiger partial charge in [0.15, 0.2) is 5.82 Å². The van der Waals surface area contributed by atoms with Crippen LogP contribution in [0, 0.1) is 0 Å². The zero-order chi connectivity index (χ0) is 14.7. The molecule has 0 amide bonds. The Morgan fingerprint density at radius 1 is 1.55 bits per heavy atom. The van der Waals surface area contributed by atoms with Gasteiger partial charge >= 0.3 is 5.97 Å². The maximum Gasteiger partial charge on any atom is 0.305 e. The molecule has 2 aromatic rings. The second-order valence-corrected chi connectivity index (χ2v) is 5.10. The summed E-state index contributed by atoms with van der Waals surface area (Å²) >= 11 is 3.40. The van der Waals surface area contributed by atoms with E-state index in [0.29, 0.717) is 11.6 Å². The standard InChI is InChI=1S/C12H13BrN4O3/c1-7(5-11(18)19)17-12(14-15-16-17)8-3-4-10(20-2)9(13)6-8/h3-4,6-7H,5H2,1-2H3,(H,18,19). The number of carboxylic acids is 1. The summed E-state index contributed by atoms with van der Waals surface area (Å²) in [6.45, 7) is 1.76. The molecule has 1 atom stereocenters. The Balaban J connectivity index is 2.36. The van der Waals surface area contributed by atoms with Crippen LogP contribution < -0.4 is 4.74 Å². The van der Waals surface area contributed by atoms with E-state index in [1.54, 1.807) is 20.1 Å². The van der Waals surface area contributed by atoms with Gasteiger partial charge in [-0.05, 0) is 51.5 Å². The van der Waals surface area contributed by atoms with Crippen molar-refractivity contribution in [3.8, 4) is 17.1 Å². The van der Waals surface area contributed by atoms with Crippen LogP contribution in [0.2, 0.25) is 0 Å². The van der Waals surface area contributed by atoms with Gasteiger partial charge in [0.1, 0.15) is 5.75 Å². The number of benzene rings is 1. The molecule has 0 radical (unpaired) electrons. The molecule has 8 heteroatoms. The predicted molar refractivity (Wildman–Crippen MR) is 74.5 cm³/mol. The van der Waals surface area contributed by atoms with E-state index in [2.05, 4.69) is 31.5 Å². The molecular formula is C12H13BrN4O3. The van der Waals surface area contributed by atoms with Gasteiger partial charge in [-0.15, -0.1) is 5.10 Å². The Labute approximate surface area is 123 Å². The first kappa shape index (κ1) is 14.4. The summed E-state index contributed by atoms with van der Waals surface area (Å²) in [4.78, 5) is 10.8. The first-order chi connectivity index (χ1) is 9.52. The van der Waals surface area contributed by atoms with Gasteiger partial charge in [-0.2, -0.15) is 0 Å². The van der Waals surface area contributed by atoms with E-state index in [4.69, 9.17) is 9.84 Å². The van der Waals surface area contributed by atoms with Crippen LogP contribution in [-0.2, 0) is 4.79 Å². The van der Waals surface area contributed by atoms with Crippen molar-refractivity contribution in [2.45, 2.75) is 19.4 Å². The quantitative estimate of drug-likeness (QED) is 0.896. The number of tetrazole rings is 1. The number of carboxylic acid groups (broad SMARTS) is 1. The van der Waals surface area contributed by atoms with Crippen LogP contribution in [0.25, 0.3) is 11.4 Å². The summed E-state index contributed by atoms with van der Waals surface area (Å²) < 4.78 is 7.44. The lowest BCUT2D eigenvalue weighted by Crippen LogP contribution is -2.13. The van der Waals surface area contributed by atoms with Crippen molar-refractivity contribution in [1.82, 2.24) is 20.2 Å². The molecule has 7 nitrogen and oxygen atoms in total. The minimum absolute atomic E-state index is 0.0463. The SMILES string of the molecule is COc1ccc(-c2nnnn2C(C)CC(=O)O)cc1Br. The third-order valence-electron chi connectivity index (χ3n) is 2.79. The number of aromatic nitrogens is 4. The number of hydrogen-bond acceptors (Lipinski definition) is 5. The number of halogens is 1. The lowest BCUT2D eigenvalue weighted by atomic mass is 10.2. The molecule has 0 aliphatic rings. The van der Waals surface area contributed by atoms with E-state index in [1.165, 1.54) is 4.68 Å². The second kappa shape index (κ2) is 6.00. The Morgan fingerprint density at radius 3 is 2.90 bits per heavy atom. The van der Waals surface area contributed by atoms with E-state index >= 15 is 0 Å². The van der Waals surface area contributed by atoms with Gasteiger partial charge in [-0.1, -0.05) is 0 Å². The molecule has 0 aliphatic carbocycles. The van der Waals surface area contributed by atoms with E-state index in [-0.39, 0.29) is 12.5 Å². The summed E-state index contributed by atoms with van der Waals surface area (Å²) in [5, 5.41) is 20.3. The first-order valence-electron chi connectivity index (χ1n) is 5.86. The van der Waals surface area contributed by atoms with Crippen LogP contribution in [0.15, 0.2) is 22.7 Å². The summed E-state index contributed by atoms with van der Waals surface area (Å²) in [6.07, 6.45) is -0.0463. The first-order valence-corrected chi connectivity index (χ1v) is 6.65. The van der Waals surface area contributed by atoms with Gasteiger partial charge < -0.3 is 9.84 Å². The van der Waals surface area contributed by atoms with Crippen molar-refractivity contribution in [3.63, 3.8) is 0 Å². The topological polar surface area (TPSA) is 90.1 Å². The maximum atomic E-state index is 10.8. The molecule has 106 valence electrons. The molecule has 2 rings (SSSR count). The van der Waals surface area contributed by atoms with Crippen LogP contribution in [-0.4, -0.2) is 38.4 Å². The molecule has 20 heavy (non-hydrogen) atoms. The highest BCUT2D eigenvalue weighted by molar-refractivity contribution is 9.10. The molecule has 0 aliphatic heterocycles. The molecule has 0 spiro atoms. The predicted octanol–water partition coefficient (Wildman–Crippen LogP) is 2.15. The number of ether oxygens (including phenoxy) is 1. The zero-order valence-corrected chi connectivity index (χ0v) is 12.5. The third-order valence-corrected chi connectivity index (χ3v) is 3.41. The fourth-order valence-corrected chi connectivity index (χ4v) is 2.37. The Kier molecular flexibility index (Phi) is 4.33. The maximum absolute atomic E-state index is 10.8. The Hall–Kier alpha value is -1.96. The van der Waals surface area contributed by atoms with Crippen molar-refractivity contribution in [2.24, 2.45) is 0 Å². The highest BCUT2D eigenvalue weighted by Crippen LogP contribution is 2.30. The van der Waals surface area contributed by atoms with E-state index in [9.17, 15) is 4.79 Å². The highest BCUT2D eigenvalue weighted by Gasteiger charge is 2.17. The number of aliphatic carboxylic acids is 1. The monoisotopic (exact) mass is 340 g/mol. The minimum Gasteiger partial charge on any atom is -0.496 e. The number of carbonyl (C=O) groups is 1. The van der Waals surface area contributed by atoms with Gasteiger partial charge in [0.25, 0.3) is 0 Å². The summed E-state index contributed by atoms with van der Waals surface area (Å²) in [5.74, 6) is 0.323. The normalized spacial score (nSPS) is 12.2. The van der Waals surface area contributed by atoms with E-state index in [1.807, 2.05) is 12.1 Å². The average Bonchev–Trinajstić information content (AvgIpc) is 2.87. The fourth-order valence-electron chi connectivity index (χ4n) is 1.83. The minimum atomic E-state index is -0.894. The molecule has 0 saturated carbocycles. The van der Waals surface area contributed by atoms with Gasteiger partial charge in [-0.25, -0.2) is 4.68 Å². The molecular weight excluding hydrogens is 328 g/mol. The van der Waals surface area contributed by atoms with Crippen molar-refractivity contribution in [3.05, 3.63) is 22.7 Å². The molecule has 0 fully saturated rings. The van der Waals surface area contributed by atoms with Crippen molar-refractivity contribution >= 4 is 21.9 Å². The van der Waals surface area contributed by atoms with Crippen LogP contribution in [0.5, 0.6) is 5.75 Å². The van der Waals surface area contributed by atoms with Crippen LogP contribution in [0.4, 0.5) is 0 Å². The molecule has 1 N–H and O–H groups in total. The van der Waals surface area contributed by atoms with Crippen molar-refractivity contribution in [2.75, 3.05) is 7.11 Å². The Bertz CT molecular complexity index is 629. The number of methoxy groups -OCH3 is 1. The summed E-state index contributed by atoms with van der Waals surface area (Å²) in [7, 11) is 1.58.